The van der Waals surface area contributed by atoms with Crippen LogP contribution in [0.15, 0.2) is 0 Å². The summed E-state index contributed by atoms with van der Waals surface area (Å²) in [6.07, 6.45) is 2.48. The van der Waals surface area contributed by atoms with Crippen LogP contribution in [0.1, 0.15) is 12.8 Å². The number of hydrogen-bond acceptors (Lipinski definition) is 3. The van der Waals surface area contributed by atoms with E-state index >= 15 is 0 Å². The van der Waals surface area contributed by atoms with Crippen molar-refractivity contribution in [3.8, 4) is 0 Å². The minimum Gasteiger partial charge on any atom is -0.338 e. The fourth-order valence-corrected chi connectivity index (χ4v) is 2.16. The highest BCUT2D eigenvalue weighted by Gasteiger charge is 2.36. The molecule has 0 radical (unpaired) electrons. The number of hydrogen-bond donors (Lipinski definition) is 1. The molecule has 0 spiro atoms. The van der Waals surface area contributed by atoms with Crippen LogP contribution >= 0.6 is 0 Å². The van der Waals surface area contributed by atoms with Crippen molar-refractivity contribution in [2.45, 2.75) is 24.9 Å². The molecule has 1 amide bonds. The van der Waals surface area contributed by atoms with Crippen LogP contribution in [0.25, 0.3) is 0 Å². The van der Waals surface area contributed by atoms with E-state index in [1.54, 1.807) is 0 Å². The van der Waals surface area contributed by atoms with Crippen LogP contribution in [0, 0.1) is 0 Å². The molecule has 0 bridgehead atoms. The average molecular weight is 183 g/mol. The highest BCUT2D eigenvalue weighted by Crippen LogP contribution is 2.18. The maximum Gasteiger partial charge on any atom is 0.241 e. The molecule has 0 aromatic rings. The lowest BCUT2D eigenvalue weighted by Gasteiger charge is -2.39. The number of carbonyl (C=O) groups is 1. The first-order valence-electron chi connectivity index (χ1n) is 4.93. The molecule has 2 unspecified atom stereocenters. The second kappa shape index (κ2) is 3.27. The summed E-state index contributed by atoms with van der Waals surface area (Å²) in [6.45, 7) is 2.80. The van der Waals surface area contributed by atoms with Crippen LogP contribution in [0.4, 0.5) is 0 Å². The van der Waals surface area contributed by atoms with Crippen molar-refractivity contribution in [3.05, 3.63) is 0 Å². The zero-order chi connectivity index (χ0) is 9.42. The van der Waals surface area contributed by atoms with Gasteiger partial charge in [-0.25, -0.2) is 0 Å². The maximum absolute atomic E-state index is 11.2. The first-order chi connectivity index (χ1) is 6.18. The Morgan fingerprint density at radius 2 is 2.38 bits per heavy atom. The summed E-state index contributed by atoms with van der Waals surface area (Å²) in [4.78, 5) is 15.4. The van der Waals surface area contributed by atoms with E-state index < -0.39 is 0 Å². The molecule has 2 aliphatic rings. The summed E-state index contributed by atoms with van der Waals surface area (Å²) >= 11 is 0. The minimum absolute atomic E-state index is 0.125. The Kier molecular flexibility index (Phi) is 2.26. The smallest absolute Gasteiger partial charge is 0.241 e. The van der Waals surface area contributed by atoms with Gasteiger partial charge in [0.1, 0.15) is 6.04 Å². The second-order valence-corrected chi connectivity index (χ2v) is 4.13. The van der Waals surface area contributed by atoms with Crippen molar-refractivity contribution in [2.24, 2.45) is 5.73 Å². The van der Waals surface area contributed by atoms with Crippen molar-refractivity contribution in [1.82, 2.24) is 9.80 Å². The van der Waals surface area contributed by atoms with E-state index in [2.05, 4.69) is 11.9 Å². The monoisotopic (exact) mass is 183 g/mol. The lowest BCUT2D eigenvalue weighted by Crippen LogP contribution is -2.62. The number of rotatable bonds is 2. The minimum atomic E-state index is -0.216. The first-order valence-corrected chi connectivity index (χ1v) is 4.93. The first kappa shape index (κ1) is 8.97. The zero-order valence-corrected chi connectivity index (χ0v) is 8.07. The molecule has 2 fully saturated rings. The Balaban J connectivity index is 1.82. The summed E-state index contributed by atoms with van der Waals surface area (Å²) in [5.74, 6) is 0.125. The molecule has 13 heavy (non-hydrogen) atoms. The van der Waals surface area contributed by atoms with Crippen LogP contribution in [-0.4, -0.2) is 54.5 Å². The molecule has 0 aromatic carbocycles. The van der Waals surface area contributed by atoms with Gasteiger partial charge in [0.15, 0.2) is 0 Å². The highest BCUT2D eigenvalue weighted by molar-refractivity contribution is 5.87. The van der Waals surface area contributed by atoms with Crippen LogP contribution in [0.2, 0.25) is 0 Å². The van der Waals surface area contributed by atoms with E-state index in [1.165, 1.54) is 19.4 Å². The number of likely N-dealkylation sites (tertiary alicyclic amines) is 2. The molecule has 0 aromatic heterocycles. The molecule has 2 aliphatic heterocycles. The van der Waals surface area contributed by atoms with E-state index in [0.29, 0.717) is 6.04 Å². The number of nitrogens with zero attached hydrogens (tertiary/aromatic N) is 2. The van der Waals surface area contributed by atoms with Gasteiger partial charge in [0, 0.05) is 19.1 Å². The zero-order valence-electron chi connectivity index (χ0n) is 8.07. The number of amides is 1. The normalized spacial score (nSPS) is 35.2. The maximum atomic E-state index is 11.2. The molecule has 74 valence electrons. The van der Waals surface area contributed by atoms with Crippen molar-refractivity contribution in [3.63, 3.8) is 0 Å². The molecule has 4 nitrogen and oxygen atoms in total. The average Bonchev–Trinajstić information content (AvgIpc) is 2.51. The molecule has 2 N–H and O–H groups in total. The molecular weight excluding hydrogens is 166 g/mol. The standard InChI is InChI=1S/C9H17N3O/c1-11-4-2-3-7(11)5-12-6-8(10)9(12)13/h7-8H,2-6,10H2,1H3. The molecule has 2 heterocycles. The van der Waals surface area contributed by atoms with Gasteiger partial charge in [0.2, 0.25) is 5.91 Å². The fourth-order valence-electron chi connectivity index (χ4n) is 2.16. The molecule has 0 aliphatic carbocycles. The molecule has 2 atom stereocenters. The van der Waals surface area contributed by atoms with Gasteiger partial charge in [-0.1, -0.05) is 0 Å². The predicted octanol–water partition coefficient (Wildman–Crippen LogP) is -0.750. The van der Waals surface area contributed by atoms with E-state index in [9.17, 15) is 4.79 Å². The number of likely N-dealkylation sites (N-methyl/N-ethyl adjacent to an activating group) is 1. The summed E-state index contributed by atoms with van der Waals surface area (Å²) in [5.41, 5.74) is 5.52. The summed E-state index contributed by atoms with van der Waals surface area (Å²) in [6, 6.07) is 0.350. The Labute approximate surface area is 78.7 Å². The number of carbonyl (C=O) groups excluding carboxylic acids is 1. The second-order valence-electron chi connectivity index (χ2n) is 4.13. The van der Waals surface area contributed by atoms with E-state index in [1.807, 2.05) is 4.90 Å². The van der Waals surface area contributed by atoms with E-state index in [-0.39, 0.29) is 11.9 Å². The Hall–Kier alpha value is -0.610. The van der Waals surface area contributed by atoms with Crippen molar-refractivity contribution >= 4 is 5.91 Å². The Morgan fingerprint density at radius 1 is 1.62 bits per heavy atom. The van der Waals surface area contributed by atoms with Gasteiger partial charge in [0.25, 0.3) is 0 Å². The molecule has 2 rings (SSSR count). The summed E-state index contributed by atoms with van der Waals surface area (Å²) in [7, 11) is 2.13. The van der Waals surface area contributed by atoms with Gasteiger partial charge in [-0.05, 0) is 26.4 Å². The Bertz CT molecular complexity index is 219. The van der Waals surface area contributed by atoms with Gasteiger partial charge in [-0.15, -0.1) is 0 Å². The van der Waals surface area contributed by atoms with Crippen molar-refractivity contribution in [2.75, 3.05) is 26.7 Å². The van der Waals surface area contributed by atoms with Gasteiger partial charge in [-0.3, -0.25) is 4.79 Å². The fraction of sp³-hybridized carbons (Fsp3) is 0.889. The third-order valence-corrected chi connectivity index (χ3v) is 3.15. The summed E-state index contributed by atoms with van der Waals surface area (Å²) in [5, 5.41) is 0. The van der Waals surface area contributed by atoms with Gasteiger partial charge < -0.3 is 15.5 Å². The topological polar surface area (TPSA) is 49.6 Å². The quantitative estimate of drug-likeness (QED) is 0.573. The lowest BCUT2D eigenvalue weighted by atomic mass is 10.1. The molecular formula is C9H17N3O. The molecule has 0 saturated carbocycles. The molecule has 4 heteroatoms. The van der Waals surface area contributed by atoms with Crippen LogP contribution in [0.3, 0.4) is 0 Å². The van der Waals surface area contributed by atoms with Crippen molar-refractivity contribution in [1.29, 1.82) is 0 Å². The van der Waals surface area contributed by atoms with Crippen LogP contribution < -0.4 is 5.73 Å². The number of β-lactam (4-membered cyclic amide) rings is 1. The largest absolute Gasteiger partial charge is 0.338 e. The van der Waals surface area contributed by atoms with E-state index in [4.69, 9.17) is 5.73 Å². The number of nitrogens with two attached hydrogens (primary N) is 1. The lowest BCUT2D eigenvalue weighted by molar-refractivity contribution is -0.143. The molecule has 2 saturated heterocycles. The van der Waals surface area contributed by atoms with Crippen molar-refractivity contribution < 1.29 is 4.79 Å². The summed E-state index contributed by atoms with van der Waals surface area (Å²) < 4.78 is 0. The van der Waals surface area contributed by atoms with Crippen LogP contribution in [0.5, 0.6) is 0 Å². The third-order valence-electron chi connectivity index (χ3n) is 3.15. The third kappa shape index (κ3) is 1.56. The van der Waals surface area contributed by atoms with E-state index in [0.717, 1.165) is 13.1 Å². The highest BCUT2D eigenvalue weighted by atomic mass is 16.2. The van der Waals surface area contributed by atoms with Crippen LogP contribution in [-0.2, 0) is 4.79 Å². The van der Waals surface area contributed by atoms with Gasteiger partial charge in [-0.2, -0.15) is 0 Å². The van der Waals surface area contributed by atoms with Gasteiger partial charge >= 0.3 is 0 Å². The van der Waals surface area contributed by atoms with Gasteiger partial charge in [0.05, 0.1) is 0 Å². The SMILES string of the molecule is CN1CCCC1CN1CC(N)C1=O. The Morgan fingerprint density at radius 3 is 2.85 bits per heavy atom. The predicted molar refractivity (Wildman–Crippen MR) is 50.2 cm³/mol.